The predicted molar refractivity (Wildman–Crippen MR) is 87.2 cm³/mol. The molecule has 3 rings (SSSR count). The molecule has 8 heteroatoms. The van der Waals surface area contributed by atoms with E-state index in [0.717, 1.165) is 0 Å². The number of esters is 1. The number of carbonyl (C=O) groups excluding carboxylic acids is 2. The van der Waals surface area contributed by atoms with E-state index in [1.54, 1.807) is 6.26 Å². The van der Waals surface area contributed by atoms with Crippen LogP contribution in [0.2, 0.25) is 0 Å². The molecule has 0 amide bonds. The van der Waals surface area contributed by atoms with Gasteiger partial charge >= 0.3 is 5.97 Å². The molecule has 0 N–H and O–H groups in total. The molecule has 2 heterocycles. The van der Waals surface area contributed by atoms with Gasteiger partial charge in [-0.3, -0.25) is 9.59 Å². The minimum atomic E-state index is -0.674. The van der Waals surface area contributed by atoms with Gasteiger partial charge in [-0.25, -0.2) is 0 Å². The van der Waals surface area contributed by atoms with Crippen molar-refractivity contribution in [3.05, 3.63) is 0 Å². The molecule has 6 atom stereocenters. The lowest BCUT2D eigenvalue weighted by Crippen LogP contribution is -2.34. The minimum Gasteiger partial charge on any atom is -0.460 e. The van der Waals surface area contributed by atoms with E-state index in [1.807, 2.05) is 13.8 Å². The van der Waals surface area contributed by atoms with Crippen LogP contribution in [0.1, 0.15) is 27.2 Å². The van der Waals surface area contributed by atoms with Crippen molar-refractivity contribution in [2.24, 2.45) is 11.8 Å². The van der Waals surface area contributed by atoms with Crippen molar-refractivity contribution in [3.8, 4) is 0 Å². The number of hydrogen-bond donors (Lipinski definition) is 0. The summed E-state index contributed by atoms with van der Waals surface area (Å²) in [7, 11) is 0. The quantitative estimate of drug-likeness (QED) is 0.710. The van der Waals surface area contributed by atoms with E-state index >= 15 is 0 Å². The first-order valence-electron chi connectivity index (χ1n) is 7.70. The van der Waals surface area contributed by atoms with Crippen LogP contribution < -0.4 is 0 Å². The maximum absolute atomic E-state index is 11.6. The fourth-order valence-corrected chi connectivity index (χ4v) is 5.14. The molecule has 0 aromatic heterocycles. The summed E-state index contributed by atoms with van der Waals surface area (Å²) in [6.07, 6.45) is 1.34. The Bertz CT molecular complexity index is 496. The molecule has 2 aliphatic heterocycles. The zero-order valence-electron chi connectivity index (χ0n) is 13.6. The maximum atomic E-state index is 11.6. The van der Waals surface area contributed by atoms with Crippen molar-refractivity contribution < 1.29 is 28.5 Å². The van der Waals surface area contributed by atoms with Gasteiger partial charge in [-0.1, -0.05) is 23.5 Å². The van der Waals surface area contributed by atoms with Gasteiger partial charge in [0.05, 0.1) is 0 Å². The number of rotatable bonds is 3. The van der Waals surface area contributed by atoms with E-state index in [0.29, 0.717) is 12.2 Å². The summed E-state index contributed by atoms with van der Waals surface area (Å²) in [5.41, 5.74) is 0. The SMILES string of the molecule is CSC(=O)SC[C@H]1C[C@@H](OC(C)=O)[C@H]2O[C@@H]3OC(C)(C)O[C@@H]3[C@@H]12. The summed E-state index contributed by atoms with van der Waals surface area (Å²) in [5, 5.41) is 0. The van der Waals surface area contributed by atoms with Gasteiger partial charge in [0.2, 0.25) is 4.45 Å². The minimum absolute atomic E-state index is 0.0771. The summed E-state index contributed by atoms with van der Waals surface area (Å²) in [6, 6.07) is 0. The molecule has 130 valence electrons. The molecule has 1 saturated carbocycles. The van der Waals surface area contributed by atoms with Crippen molar-refractivity contribution >= 4 is 33.9 Å². The number of fused-ring (bicyclic) bond motifs is 3. The lowest BCUT2D eigenvalue weighted by molar-refractivity contribution is -0.218. The Morgan fingerprint density at radius 2 is 2.00 bits per heavy atom. The summed E-state index contributed by atoms with van der Waals surface area (Å²) < 4.78 is 23.3. The molecule has 2 saturated heterocycles. The van der Waals surface area contributed by atoms with Gasteiger partial charge in [0.1, 0.15) is 18.3 Å². The van der Waals surface area contributed by atoms with Crippen LogP contribution in [0.15, 0.2) is 0 Å². The Kier molecular flexibility index (Phi) is 5.00. The molecule has 23 heavy (non-hydrogen) atoms. The van der Waals surface area contributed by atoms with Crippen LogP contribution in [-0.2, 0) is 23.7 Å². The summed E-state index contributed by atoms with van der Waals surface area (Å²) in [5.74, 6) is -0.0435. The number of carbonyl (C=O) groups is 2. The second-order valence-electron chi connectivity index (χ2n) is 6.56. The van der Waals surface area contributed by atoms with Gasteiger partial charge in [-0.15, -0.1) is 0 Å². The van der Waals surface area contributed by atoms with Crippen LogP contribution in [0, 0.1) is 11.8 Å². The molecule has 0 aromatic carbocycles. The van der Waals surface area contributed by atoms with Crippen molar-refractivity contribution in [2.75, 3.05) is 12.0 Å². The van der Waals surface area contributed by atoms with Gasteiger partial charge in [-0.2, -0.15) is 0 Å². The van der Waals surface area contributed by atoms with Crippen molar-refractivity contribution in [1.82, 2.24) is 0 Å². The summed E-state index contributed by atoms with van der Waals surface area (Å²) in [6.45, 7) is 5.13. The van der Waals surface area contributed by atoms with Crippen molar-refractivity contribution in [2.45, 2.75) is 57.6 Å². The first-order valence-corrected chi connectivity index (χ1v) is 9.91. The highest BCUT2D eigenvalue weighted by molar-refractivity contribution is 8.38. The molecule has 6 nitrogen and oxygen atoms in total. The zero-order valence-corrected chi connectivity index (χ0v) is 15.3. The van der Waals surface area contributed by atoms with Gasteiger partial charge < -0.3 is 18.9 Å². The lowest BCUT2D eigenvalue weighted by Gasteiger charge is -2.25. The summed E-state index contributed by atoms with van der Waals surface area (Å²) in [4.78, 5) is 23.0. The van der Waals surface area contributed by atoms with E-state index in [4.69, 9.17) is 18.9 Å². The Balaban J connectivity index is 1.74. The van der Waals surface area contributed by atoms with Gasteiger partial charge in [0, 0.05) is 18.6 Å². The van der Waals surface area contributed by atoms with E-state index in [2.05, 4.69) is 0 Å². The van der Waals surface area contributed by atoms with Crippen molar-refractivity contribution in [1.29, 1.82) is 0 Å². The number of ether oxygens (including phenoxy) is 4. The van der Waals surface area contributed by atoms with E-state index in [9.17, 15) is 9.59 Å². The first-order chi connectivity index (χ1) is 10.8. The highest BCUT2D eigenvalue weighted by Crippen LogP contribution is 2.51. The molecule has 0 unspecified atom stereocenters. The smallest absolute Gasteiger partial charge is 0.302 e. The first kappa shape index (κ1) is 17.5. The predicted octanol–water partition coefficient (Wildman–Crippen LogP) is 2.65. The van der Waals surface area contributed by atoms with E-state index in [1.165, 1.54) is 30.4 Å². The Labute approximate surface area is 144 Å². The molecule has 0 spiro atoms. The highest BCUT2D eigenvalue weighted by Gasteiger charge is 2.62. The molecule has 0 bridgehead atoms. The number of thioether (sulfide) groups is 2. The molecule has 0 aromatic rings. The van der Waals surface area contributed by atoms with Crippen LogP contribution in [-0.4, -0.2) is 52.8 Å². The lowest BCUT2D eigenvalue weighted by atomic mass is 9.92. The van der Waals surface area contributed by atoms with Crippen LogP contribution in [0.3, 0.4) is 0 Å². The molecular formula is C15H22O6S2. The molecule has 0 radical (unpaired) electrons. The normalized spacial score (nSPS) is 40.7. The average molecular weight is 362 g/mol. The average Bonchev–Trinajstić information content (AvgIpc) is 3.03. The Morgan fingerprint density at radius 3 is 2.65 bits per heavy atom. The Morgan fingerprint density at radius 1 is 1.26 bits per heavy atom. The monoisotopic (exact) mass is 362 g/mol. The van der Waals surface area contributed by atoms with E-state index in [-0.39, 0.29) is 40.6 Å². The number of hydrogen-bond acceptors (Lipinski definition) is 8. The molecular weight excluding hydrogens is 340 g/mol. The third-order valence-corrected chi connectivity index (χ3v) is 6.50. The molecule has 3 fully saturated rings. The van der Waals surface area contributed by atoms with E-state index < -0.39 is 12.1 Å². The topological polar surface area (TPSA) is 71.1 Å². The van der Waals surface area contributed by atoms with Gasteiger partial charge in [0.25, 0.3) is 0 Å². The molecule has 3 aliphatic rings. The Hall–Kier alpha value is -0.280. The second-order valence-corrected chi connectivity index (χ2v) is 8.59. The molecule has 1 aliphatic carbocycles. The van der Waals surface area contributed by atoms with Crippen LogP contribution in [0.25, 0.3) is 0 Å². The van der Waals surface area contributed by atoms with Crippen LogP contribution in [0.5, 0.6) is 0 Å². The maximum Gasteiger partial charge on any atom is 0.302 e. The standard InChI is InChI=1S/C15H22O6S2/c1-7(16)18-9-5-8(6-23-14(17)22-4)10-11(9)19-13-12(10)20-15(2,3)21-13/h8-13H,5-6H2,1-4H3/t8-,9-,10+,11-,12-,13-/m1/s1. The van der Waals surface area contributed by atoms with Crippen LogP contribution >= 0.6 is 23.5 Å². The third kappa shape index (κ3) is 3.56. The van der Waals surface area contributed by atoms with Crippen LogP contribution in [0.4, 0.5) is 4.79 Å². The zero-order chi connectivity index (χ0) is 16.8. The highest BCUT2D eigenvalue weighted by atomic mass is 32.2. The third-order valence-electron chi connectivity index (χ3n) is 4.48. The van der Waals surface area contributed by atoms with Crippen molar-refractivity contribution in [3.63, 3.8) is 0 Å². The second kappa shape index (κ2) is 6.55. The van der Waals surface area contributed by atoms with Gasteiger partial charge in [0.15, 0.2) is 12.1 Å². The fraction of sp³-hybridized carbons (Fsp3) is 0.867. The fourth-order valence-electron chi connectivity index (χ4n) is 3.76. The van der Waals surface area contributed by atoms with Gasteiger partial charge in [-0.05, 0) is 32.4 Å². The summed E-state index contributed by atoms with van der Waals surface area (Å²) >= 11 is 2.52. The largest absolute Gasteiger partial charge is 0.460 e.